The summed E-state index contributed by atoms with van der Waals surface area (Å²) in [6.07, 6.45) is 0.984. The second kappa shape index (κ2) is 6.10. The molecule has 0 spiro atoms. The number of hydrogen-bond acceptors (Lipinski definition) is 4. The lowest BCUT2D eigenvalue weighted by molar-refractivity contribution is 0.0221. The Bertz CT molecular complexity index is 323. The molecule has 1 rings (SSSR count). The van der Waals surface area contributed by atoms with Gasteiger partial charge in [0.1, 0.15) is 0 Å². The Morgan fingerprint density at radius 1 is 1.35 bits per heavy atom. The second-order valence-electron chi connectivity index (χ2n) is 4.90. The van der Waals surface area contributed by atoms with E-state index in [2.05, 4.69) is 9.44 Å². The Kier molecular flexibility index (Phi) is 5.33. The number of aliphatic hydroxyl groups is 1. The standard InChI is InChI=1S/C10H22N2O4S/c1-9(2)7-11-17(14,15)12-10(8-13)3-5-16-6-4-10/h9,11-13H,3-8H2,1-2H3. The highest BCUT2D eigenvalue weighted by Gasteiger charge is 2.35. The Morgan fingerprint density at radius 3 is 2.41 bits per heavy atom. The summed E-state index contributed by atoms with van der Waals surface area (Å²) in [7, 11) is -3.56. The van der Waals surface area contributed by atoms with Gasteiger partial charge in [-0.15, -0.1) is 0 Å². The van der Waals surface area contributed by atoms with E-state index in [1.807, 2.05) is 13.8 Å². The molecule has 7 heteroatoms. The van der Waals surface area contributed by atoms with Crippen LogP contribution in [-0.4, -0.2) is 45.4 Å². The summed E-state index contributed by atoms with van der Waals surface area (Å²) in [5.74, 6) is 0.242. The maximum Gasteiger partial charge on any atom is 0.277 e. The van der Waals surface area contributed by atoms with Crippen LogP contribution in [0.5, 0.6) is 0 Å². The SMILES string of the molecule is CC(C)CNS(=O)(=O)NC1(CO)CCOCC1. The van der Waals surface area contributed by atoms with E-state index >= 15 is 0 Å². The number of hydrogen-bond donors (Lipinski definition) is 3. The third kappa shape index (κ3) is 4.89. The van der Waals surface area contributed by atoms with Gasteiger partial charge in [-0.3, -0.25) is 0 Å². The number of rotatable bonds is 6. The Hall–Kier alpha value is -0.210. The summed E-state index contributed by atoms with van der Waals surface area (Å²) in [5, 5.41) is 9.37. The third-order valence-corrected chi connectivity index (χ3v) is 4.03. The molecule has 3 N–H and O–H groups in total. The first kappa shape index (κ1) is 14.8. The average Bonchev–Trinajstić information content (AvgIpc) is 2.27. The van der Waals surface area contributed by atoms with Gasteiger partial charge in [0.25, 0.3) is 10.2 Å². The molecule has 0 amide bonds. The zero-order valence-electron chi connectivity index (χ0n) is 10.4. The van der Waals surface area contributed by atoms with Gasteiger partial charge in [0.2, 0.25) is 0 Å². The van der Waals surface area contributed by atoms with Gasteiger partial charge in [0.05, 0.1) is 12.1 Å². The molecule has 0 aromatic heterocycles. The van der Waals surface area contributed by atoms with Crippen LogP contribution in [0.1, 0.15) is 26.7 Å². The van der Waals surface area contributed by atoms with Crippen LogP contribution in [0.2, 0.25) is 0 Å². The molecule has 1 fully saturated rings. The van der Waals surface area contributed by atoms with E-state index in [1.165, 1.54) is 0 Å². The maximum atomic E-state index is 11.8. The van der Waals surface area contributed by atoms with E-state index in [0.29, 0.717) is 32.6 Å². The predicted molar refractivity (Wildman–Crippen MR) is 64.8 cm³/mol. The largest absolute Gasteiger partial charge is 0.394 e. The van der Waals surface area contributed by atoms with Crippen molar-refractivity contribution in [2.24, 2.45) is 5.92 Å². The van der Waals surface area contributed by atoms with Crippen molar-refractivity contribution in [1.29, 1.82) is 0 Å². The number of ether oxygens (including phenoxy) is 1. The molecule has 1 saturated heterocycles. The average molecular weight is 266 g/mol. The fraction of sp³-hybridized carbons (Fsp3) is 1.00. The lowest BCUT2D eigenvalue weighted by Gasteiger charge is -2.35. The summed E-state index contributed by atoms with van der Waals surface area (Å²) >= 11 is 0. The molecule has 102 valence electrons. The smallest absolute Gasteiger partial charge is 0.277 e. The van der Waals surface area contributed by atoms with Gasteiger partial charge < -0.3 is 9.84 Å². The van der Waals surface area contributed by atoms with Crippen molar-refractivity contribution in [2.45, 2.75) is 32.2 Å². The molecule has 0 radical (unpaired) electrons. The molecule has 1 heterocycles. The molecule has 0 aliphatic carbocycles. The molecule has 0 bridgehead atoms. The molecule has 0 atom stereocenters. The minimum atomic E-state index is -3.56. The topological polar surface area (TPSA) is 87.7 Å². The van der Waals surface area contributed by atoms with Crippen LogP contribution in [0.25, 0.3) is 0 Å². The van der Waals surface area contributed by atoms with E-state index < -0.39 is 15.7 Å². The van der Waals surface area contributed by atoms with Crippen LogP contribution in [0, 0.1) is 5.92 Å². The van der Waals surface area contributed by atoms with E-state index in [-0.39, 0.29) is 12.5 Å². The first-order valence-electron chi connectivity index (χ1n) is 5.86. The monoisotopic (exact) mass is 266 g/mol. The van der Waals surface area contributed by atoms with Gasteiger partial charge in [0, 0.05) is 19.8 Å². The van der Waals surface area contributed by atoms with Crippen molar-refractivity contribution in [3.05, 3.63) is 0 Å². The Morgan fingerprint density at radius 2 is 1.94 bits per heavy atom. The van der Waals surface area contributed by atoms with E-state index in [4.69, 9.17) is 4.74 Å². The van der Waals surface area contributed by atoms with E-state index in [9.17, 15) is 13.5 Å². The van der Waals surface area contributed by atoms with Gasteiger partial charge in [-0.1, -0.05) is 13.8 Å². The van der Waals surface area contributed by atoms with E-state index in [1.54, 1.807) is 0 Å². The predicted octanol–water partition coefficient (Wildman–Crippen LogP) is -0.392. The molecular formula is C10H22N2O4S. The lowest BCUT2D eigenvalue weighted by Crippen LogP contribution is -2.57. The Balaban J connectivity index is 2.60. The molecule has 1 aliphatic heterocycles. The highest BCUT2D eigenvalue weighted by atomic mass is 32.2. The summed E-state index contributed by atoms with van der Waals surface area (Å²) < 4.78 is 33.8. The minimum Gasteiger partial charge on any atom is -0.394 e. The molecule has 17 heavy (non-hydrogen) atoms. The van der Waals surface area contributed by atoms with Crippen molar-refractivity contribution in [3.63, 3.8) is 0 Å². The van der Waals surface area contributed by atoms with Crippen molar-refractivity contribution in [2.75, 3.05) is 26.4 Å². The zero-order chi connectivity index (χ0) is 12.9. The van der Waals surface area contributed by atoms with Crippen molar-refractivity contribution in [3.8, 4) is 0 Å². The highest BCUT2D eigenvalue weighted by Crippen LogP contribution is 2.20. The van der Waals surface area contributed by atoms with Crippen LogP contribution in [0.3, 0.4) is 0 Å². The van der Waals surface area contributed by atoms with Crippen molar-refractivity contribution >= 4 is 10.2 Å². The fourth-order valence-corrected chi connectivity index (χ4v) is 3.12. The molecule has 0 aromatic carbocycles. The summed E-state index contributed by atoms with van der Waals surface area (Å²) in [6, 6.07) is 0. The number of aliphatic hydroxyl groups excluding tert-OH is 1. The van der Waals surface area contributed by atoms with Gasteiger partial charge >= 0.3 is 0 Å². The van der Waals surface area contributed by atoms with Gasteiger partial charge in [-0.25, -0.2) is 4.72 Å². The van der Waals surface area contributed by atoms with Gasteiger partial charge in [0.15, 0.2) is 0 Å². The van der Waals surface area contributed by atoms with Crippen LogP contribution in [0.4, 0.5) is 0 Å². The Labute approximate surface area is 103 Å². The summed E-state index contributed by atoms with van der Waals surface area (Å²) in [6.45, 7) is 4.96. The fourth-order valence-electron chi connectivity index (χ4n) is 1.65. The van der Waals surface area contributed by atoms with E-state index in [0.717, 1.165) is 0 Å². The molecule has 0 unspecified atom stereocenters. The van der Waals surface area contributed by atoms with Crippen molar-refractivity contribution < 1.29 is 18.3 Å². The molecular weight excluding hydrogens is 244 g/mol. The van der Waals surface area contributed by atoms with Crippen LogP contribution in [0.15, 0.2) is 0 Å². The molecule has 0 aromatic rings. The normalized spacial score (nSPS) is 20.7. The quantitative estimate of drug-likeness (QED) is 0.611. The zero-order valence-corrected chi connectivity index (χ0v) is 11.2. The third-order valence-electron chi connectivity index (χ3n) is 2.79. The first-order chi connectivity index (χ1) is 7.89. The van der Waals surface area contributed by atoms with Crippen LogP contribution >= 0.6 is 0 Å². The maximum absolute atomic E-state index is 11.8. The van der Waals surface area contributed by atoms with Crippen LogP contribution in [-0.2, 0) is 14.9 Å². The minimum absolute atomic E-state index is 0.209. The molecule has 1 aliphatic rings. The second-order valence-corrected chi connectivity index (χ2v) is 6.40. The van der Waals surface area contributed by atoms with Crippen LogP contribution < -0.4 is 9.44 Å². The molecule has 6 nitrogen and oxygen atoms in total. The van der Waals surface area contributed by atoms with Gasteiger partial charge in [-0.2, -0.15) is 13.1 Å². The summed E-state index contributed by atoms with van der Waals surface area (Å²) in [4.78, 5) is 0. The molecule has 0 saturated carbocycles. The number of nitrogens with one attached hydrogen (secondary N) is 2. The lowest BCUT2D eigenvalue weighted by atomic mass is 9.93. The van der Waals surface area contributed by atoms with Gasteiger partial charge in [-0.05, 0) is 18.8 Å². The summed E-state index contributed by atoms with van der Waals surface area (Å²) in [5.41, 5.74) is -0.777. The highest BCUT2D eigenvalue weighted by molar-refractivity contribution is 7.87. The van der Waals surface area contributed by atoms with Crippen molar-refractivity contribution in [1.82, 2.24) is 9.44 Å². The first-order valence-corrected chi connectivity index (χ1v) is 7.35.